The van der Waals surface area contributed by atoms with E-state index in [-0.39, 0.29) is 12.5 Å². The molecule has 1 fully saturated rings. The molecule has 2 aromatic rings. The average Bonchev–Trinajstić information content (AvgIpc) is 2.66. The third-order valence-electron chi connectivity index (χ3n) is 5.09. The minimum absolute atomic E-state index is 0.00550. The highest BCUT2D eigenvalue weighted by atomic mass is 16.5. The number of ether oxygens (including phenoxy) is 1. The van der Waals surface area contributed by atoms with Gasteiger partial charge in [-0.3, -0.25) is 9.69 Å². The molecule has 3 rings (SSSR count). The smallest absolute Gasteiger partial charge is 0.262 e. The second-order valence-corrected chi connectivity index (χ2v) is 7.36. The van der Waals surface area contributed by atoms with Crippen LogP contribution in [0.5, 0.6) is 5.75 Å². The van der Waals surface area contributed by atoms with Gasteiger partial charge in [0.2, 0.25) is 0 Å². The summed E-state index contributed by atoms with van der Waals surface area (Å²) in [4.78, 5) is 16.9. The molecule has 0 unspecified atom stereocenters. The minimum atomic E-state index is -0.153. The van der Waals surface area contributed by atoms with Crippen LogP contribution >= 0.6 is 0 Å². The van der Waals surface area contributed by atoms with Crippen LogP contribution in [0.3, 0.4) is 0 Å². The first kappa shape index (κ1) is 19.4. The maximum atomic E-state index is 12.1. The van der Waals surface area contributed by atoms with Crippen LogP contribution < -0.4 is 10.1 Å². The molecule has 0 saturated carbocycles. The van der Waals surface area contributed by atoms with E-state index in [1.54, 1.807) is 0 Å². The first-order chi connectivity index (χ1) is 13.0. The Morgan fingerprint density at radius 3 is 2.37 bits per heavy atom. The van der Waals surface area contributed by atoms with Crippen molar-refractivity contribution < 1.29 is 9.53 Å². The van der Waals surface area contributed by atoms with Crippen LogP contribution in [0.4, 0.5) is 5.69 Å². The zero-order valence-electron chi connectivity index (χ0n) is 16.5. The Kier molecular flexibility index (Phi) is 6.48. The van der Waals surface area contributed by atoms with Crippen LogP contribution in [0.25, 0.3) is 0 Å². The zero-order chi connectivity index (χ0) is 19.2. The Hall–Kier alpha value is -2.37. The molecule has 27 heavy (non-hydrogen) atoms. The second-order valence-electron chi connectivity index (χ2n) is 7.36. The molecule has 0 bridgehead atoms. The number of likely N-dealkylation sites (N-methyl/N-ethyl adjacent to an activating group) is 1. The van der Waals surface area contributed by atoms with Crippen molar-refractivity contribution in [1.29, 1.82) is 0 Å². The first-order valence-electron chi connectivity index (χ1n) is 9.49. The molecule has 5 heteroatoms. The number of anilines is 1. The van der Waals surface area contributed by atoms with Crippen molar-refractivity contribution in [3.05, 3.63) is 59.2 Å². The maximum Gasteiger partial charge on any atom is 0.262 e. The normalized spacial score (nSPS) is 15.5. The van der Waals surface area contributed by atoms with Crippen molar-refractivity contribution in [2.75, 3.05) is 45.2 Å². The van der Waals surface area contributed by atoms with Crippen LogP contribution in [0.2, 0.25) is 0 Å². The van der Waals surface area contributed by atoms with E-state index in [1.165, 1.54) is 11.1 Å². The lowest BCUT2D eigenvalue weighted by molar-refractivity contribution is -0.118. The predicted molar refractivity (Wildman–Crippen MR) is 109 cm³/mol. The molecule has 5 nitrogen and oxygen atoms in total. The van der Waals surface area contributed by atoms with Crippen molar-refractivity contribution >= 4 is 11.6 Å². The number of rotatable bonds is 6. The van der Waals surface area contributed by atoms with E-state index >= 15 is 0 Å². The van der Waals surface area contributed by atoms with Crippen LogP contribution in [-0.4, -0.2) is 55.5 Å². The second kappa shape index (κ2) is 9.02. The van der Waals surface area contributed by atoms with Gasteiger partial charge in [0.1, 0.15) is 5.75 Å². The van der Waals surface area contributed by atoms with E-state index in [4.69, 9.17) is 4.74 Å². The quantitative estimate of drug-likeness (QED) is 0.852. The Labute approximate surface area is 161 Å². The highest BCUT2D eigenvalue weighted by Crippen LogP contribution is 2.17. The van der Waals surface area contributed by atoms with Gasteiger partial charge in [-0.1, -0.05) is 18.2 Å². The fraction of sp³-hybridized carbons (Fsp3) is 0.409. The lowest BCUT2D eigenvalue weighted by atomic mass is 10.1. The summed E-state index contributed by atoms with van der Waals surface area (Å²) >= 11 is 0. The summed E-state index contributed by atoms with van der Waals surface area (Å²) in [6, 6.07) is 13.9. The summed E-state index contributed by atoms with van der Waals surface area (Å²) in [6.07, 6.45) is 0. The third kappa shape index (κ3) is 5.81. The number of nitrogens with zero attached hydrogens (tertiary/aromatic N) is 2. The molecule has 2 aromatic carbocycles. The summed E-state index contributed by atoms with van der Waals surface area (Å²) in [5.74, 6) is 0.566. The van der Waals surface area contributed by atoms with E-state index in [9.17, 15) is 4.79 Å². The van der Waals surface area contributed by atoms with Crippen molar-refractivity contribution in [3.63, 3.8) is 0 Å². The summed E-state index contributed by atoms with van der Waals surface area (Å²) < 4.78 is 5.59. The SMILES string of the molecule is Cc1ccc(OCC(=O)Nc2ccc(CN3CCN(C)CC3)cc2)cc1C. The summed E-state index contributed by atoms with van der Waals surface area (Å²) in [6.45, 7) is 9.49. The third-order valence-corrected chi connectivity index (χ3v) is 5.09. The lowest BCUT2D eigenvalue weighted by Gasteiger charge is -2.32. The fourth-order valence-corrected chi connectivity index (χ4v) is 3.11. The Morgan fingerprint density at radius 2 is 1.70 bits per heavy atom. The molecule has 0 atom stereocenters. The van der Waals surface area contributed by atoms with E-state index in [1.807, 2.05) is 37.3 Å². The number of hydrogen-bond acceptors (Lipinski definition) is 4. The van der Waals surface area contributed by atoms with Crippen molar-refractivity contribution in [1.82, 2.24) is 9.80 Å². The molecule has 1 aliphatic rings. The van der Waals surface area contributed by atoms with E-state index < -0.39 is 0 Å². The van der Waals surface area contributed by atoms with Gasteiger partial charge in [-0.2, -0.15) is 0 Å². The van der Waals surface area contributed by atoms with Crippen molar-refractivity contribution in [2.24, 2.45) is 0 Å². The molecule has 0 aromatic heterocycles. The van der Waals surface area contributed by atoms with Gasteiger partial charge in [-0.05, 0) is 61.9 Å². The van der Waals surface area contributed by atoms with Gasteiger partial charge in [0.15, 0.2) is 6.61 Å². The van der Waals surface area contributed by atoms with Crippen LogP contribution in [0.15, 0.2) is 42.5 Å². The number of carbonyl (C=O) groups excluding carboxylic acids is 1. The van der Waals surface area contributed by atoms with Crippen LogP contribution in [0, 0.1) is 13.8 Å². The van der Waals surface area contributed by atoms with E-state index in [0.717, 1.165) is 49.7 Å². The maximum absolute atomic E-state index is 12.1. The largest absolute Gasteiger partial charge is 0.484 e. The Balaban J connectivity index is 1.46. The van der Waals surface area contributed by atoms with Crippen LogP contribution in [0.1, 0.15) is 16.7 Å². The van der Waals surface area contributed by atoms with E-state index in [2.05, 4.69) is 41.2 Å². The topological polar surface area (TPSA) is 44.8 Å². The standard InChI is InChI=1S/C22H29N3O2/c1-17-4-9-21(14-18(17)2)27-16-22(26)23-20-7-5-19(6-8-20)15-25-12-10-24(3)11-13-25/h4-9,14H,10-13,15-16H2,1-3H3,(H,23,26). The summed E-state index contributed by atoms with van der Waals surface area (Å²) in [7, 11) is 2.17. The lowest BCUT2D eigenvalue weighted by Crippen LogP contribution is -2.43. The van der Waals surface area contributed by atoms with Gasteiger partial charge in [0, 0.05) is 38.4 Å². The van der Waals surface area contributed by atoms with E-state index in [0.29, 0.717) is 0 Å². The predicted octanol–water partition coefficient (Wildman–Crippen LogP) is 3.07. The summed E-state index contributed by atoms with van der Waals surface area (Å²) in [5, 5.41) is 2.89. The van der Waals surface area contributed by atoms with Crippen LogP contribution in [-0.2, 0) is 11.3 Å². The number of benzene rings is 2. The van der Waals surface area contributed by atoms with Crippen molar-refractivity contribution in [3.8, 4) is 5.75 Å². The fourth-order valence-electron chi connectivity index (χ4n) is 3.11. The highest BCUT2D eigenvalue weighted by molar-refractivity contribution is 5.91. The van der Waals surface area contributed by atoms with Gasteiger partial charge in [0.25, 0.3) is 5.91 Å². The molecule has 0 radical (unpaired) electrons. The molecular weight excluding hydrogens is 338 g/mol. The molecule has 1 aliphatic heterocycles. The van der Waals surface area contributed by atoms with Gasteiger partial charge >= 0.3 is 0 Å². The molecule has 0 spiro atoms. The zero-order valence-corrected chi connectivity index (χ0v) is 16.5. The molecule has 144 valence electrons. The molecular formula is C22H29N3O2. The summed E-state index contributed by atoms with van der Waals surface area (Å²) in [5.41, 5.74) is 4.43. The monoisotopic (exact) mass is 367 g/mol. The van der Waals surface area contributed by atoms with Gasteiger partial charge in [0.05, 0.1) is 0 Å². The number of amides is 1. The number of aryl methyl sites for hydroxylation is 2. The number of piperazine rings is 1. The molecule has 1 saturated heterocycles. The number of carbonyl (C=O) groups is 1. The Morgan fingerprint density at radius 1 is 1.00 bits per heavy atom. The molecule has 1 N–H and O–H groups in total. The molecule has 1 heterocycles. The highest BCUT2D eigenvalue weighted by Gasteiger charge is 2.13. The Bertz CT molecular complexity index is 766. The first-order valence-corrected chi connectivity index (χ1v) is 9.49. The average molecular weight is 367 g/mol. The number of hydrogen-bond donors (Lipinski definition) is 1. The molecule has 1 amide bonds. The van der Waals surface area contributed by atoms with Gasteiger partial charge < -0.3 is 15.0 Å². The minimum Gasteiger partial charge on any atom is -0.484 e. The molecule has 0 aliphatic carbocycles. The van der Waals surface area contributed by atoms with Gasteiger partial charge in [-0.25, -0.2) is 0 Å². The number of nitrogens with one attached hydrogen (secondary N) is 1. The van der Waals surface area contributed by atoms with Crippen molar-refractivity contribution in [2.45, 2.75) is 20.4 Å². The van der Waals surface area contributed by atoms with Gasteiger partial charge in [-0.15, -0.1) is 0 Å².